The quantitative estimate of drug-likeness (QED) is 0.739. The molecule has 1 saturated heterocycles. The predicted octanol–water partition coefficient (Wildman–Crippen LogP) is 3.36. The summed E-state index contributed by atoms with van der Waals surface area (Å²) >= 11 is 1.37. The lowest BCUT2D eigenvalue weighted by atomic mass is 10.1. The second kappa shape index (κ2) is 8.22. The Kier molecular flexibility index (Phi) is 5.34. The van der Waals surface area contributed by atoms with Crippen LogP contribution in [0, 0.1) is 0 Å². The van der Waals surface area contributed by atoms with Gasteiger partial charge in [0.1, 0.15) is 5.82 Å². The third kappa shape index (κ3) is 3.89. The molecular weight excluding hydrogens is 372 g/mol. The number of aromatic nitrogens is 1. The smallest absolute Gasteiger partial charge is 0.265 e. The summed E-state index contributed by atoms with van der Waals surface area (Å²) in [6, 6.07) is 16.6. The van der Waals surface area contributed by atoms with Crippen LogP contribution in [0.25, 0.3) is 0 Å². The molecule has 0 spiro atoms. The van der Waals surface area contributed by atoms with Gasteiger partial charge in [-0.1, -0.05) is 24.3 Å². The molecule has 1 aliphatic heterocycles. The summed E-state index contributed by atoms with van der Waals surface area (Å²) in [5.74, 6) is 0.663. The maximum atomic E-state index is 13.1. The molecule has 0 saturated carbocycles. The van der Waals surface area contributed by atoms with E-state index in [0.29, 0.717) is 29.2 Å². The van der Waals surface area contributed by atoms with Crippen LogP contribution in [-0.4, -0.2) is 47.9 Å². The third-order valence-corrected chi connectivity index (χ3v) is 5.56. The summed E-state index contributed by atoms with van der Waals surface area (Å²) in [4.78, 5) is 34.5. The first-order valence-electron chi connectivity index (χ1n) is 9.11. The standard InChI is InChI=1S/C21H20N4O2S/c26-20(18-8-5-15-28-18)23-17-7-2-1-6-16(17)21(27)25-13-11-24(12-14-25)19-9-3-4-10-22-19/h1-10,15H,11-14H2,(H,23,26). The summed E-state index contributed by atoms with van der Waals surface area (Å²) in [6.07, 6.45) is 1.78. The molecule has 3 heterocycles. The number of amides is 2. The van der Waals surface area contributed by atoms with E-state index in [9.17, 15) is 9.59 Å². The van der Waals surface area contributed by atoms with Gasteiger partial charge in [0.2, 0.25) is 0 Å². The van der Waals surface area contributed by atoms with Crippen molar-refractivity contribution in [1.82, 2.24) is 9.88 Å². The van der Waals surface area contributed by atoms with Crippen LogP contribution in [0.4, 0.5) is 11.5 Å². The van der Waals surface area contributed by atoms with Crippen LogP contribution in [-0.2, 0) is 0 Å². The molecule has 0 atom stereocenters. The number of piperazine rings is 1. The van der Waals surface area contributed by atoms with Crippen LogP contribution < -0.4 is 10.2 Å². The fourth-order valence-electron chi connectivity index (χ4n) is 3.22. The van der Waals surface area contributed by atoms with Crippen LogP contribution in [0.2, 0.25) is 0 Å². The van der Waals surface area contributed by atoms with Crippen LogP contribution in [0.5, 0.6) is 0 Å². The number of pyridine rings is 1. The highest BCUT2D eigenvalue weighted by molar-refractivity contribution is 7.12. The van der Waals surface area contributed by atoms with Gasteiger partial charge in [0, 0.05) is 32.4 Å². The van der Waals surface area contributed by atoms with Crippen molar-refractivity contribution in [3.63, 3.8) is 0 Å². The Labute approximate surface area is 167 Å². The first-order chi connectivity index (χ1) is 13.7. The maximum absolute atomic E-state index is 13.1. The van der Waals surface area contributed by atoms with E-state index in [-0.39, 0.29) is 11.8 Å². The molecular formula is C21H20N4O2S. The Bertz CT molecular complexity index is 952. The van der Waals surface area contributed by atoms with E-state index in [2.05, 4.69) is 15.2 Å². The number of para-hydroxylation sites is 1. The van der Waals surface area contributed by atoms with E-state index < -0.39 is 0 Å². The number of hydrogen-bond donors (Lipinski definition) is 1. The molecule has 7 heteroatoms. The van der Waals surface area contributed by atoms with Crippen molar-refractivity contribution in [3.8, 4) is 0 Å². The van der Waals surface area contributed by atoms with Gasteiger partial charge in [0.25, 0.3) is 11.8 Å². The fourth-order valence-corrected chi connectivity index (χ4v) is 3.84. The Balaban J connectivity index is 1.45. The minimum Gasteiger partial charge on any atom is -0.353 e. The molecule has 28 heavy (non-hydrogen) atoms. The first kappa shape index (κ1) is 18.2. The zero-order chi connectivity index (χ0) is 19.3. The van der Waals surface area contributed by atoms with Gasteiger partial charge >= 0.3 is 0 Å². The average Bonchev–Trinajstić information content (AvgIpc) is 3.30. The number of carbonyl (C=O) groups is 2. The molecule has 6 nitrogen and oxygen atoms in total. The molecule has 0 unspecified atom stereocenters. The van der Waals surface area contributed by atoms with Gasteiger partial charge in [-0.15, -0.1) is 11.3 Å². The molecule has 4 rings (SSSR count). The summed E-state index contributed by atoms with van der Waals surface area (Å²) in [5.41, 5.74) is 1.05. The number of hydrogen-bond acceptors (Lipinski definition) is 5. The fraction of sp³-hybridized carbons (Fsp3) is 0.190. The molecule has 1 N–H and O–H groups in total. The van der Waals surface area contributed by atoms with Gasteiger partial charge in [-0.3, -0.25) is 9.59 Å². The van der Waals surface area contributed by atoms with Crippen molar-refractivity contribution in [3.05, 3.63) is 76.6 Å². The third-order valence-electron chi connectivity index (χ3n) is 4.69. The summed E-state index contributed by atoms with van der Waals surface area (Å²) < 4.78 is 0. The predicted molar refractivity (Wildman–Crippen MR) is 111 cm³/mol. The lowest BCUT2D eigenvalue weighted by Gasteiger charge is -2.35. The second-order valence-corrected chi connectivity index (χ2v) is 7.39. The van der Waals surface area contributed by atoms with Gasteiger partial charge < -0.3 is 15.1 Å². The molecule has 2 aromatic heterocycles. The van der Waals surface area contributed by atoms with Crippen molar-refractivity contribution < 1.29 is 9.59 Å². The molecule has 0 radical (unpaired) electrons. The molecule has 1 aromatic carbocycles. The minimum atomic E-state index is -0.199. The number of nitrogens with one attached hydrogen (secondary N) is 1. The molecule has 1 aliphatic rings. The Hall–Kier alpha value is -3.19. The molecule has 0 aliphatic carbocycles. The van der Waals surface area contributed by atoms with E-state index in [1.165, 1.54) is 11.3 Å². The monoisotopic (exact) mass is 392 g/mol. The van der Waals surface area contributed by atoms with Gasteiger partial charge in [-0.05, 0) is 35.7 Å². The van der Waals surface area contributed by atoms with E-state index in [4.69, 9.17) is 0 Å². The lowest BCUT2D eigenvalue weighted by molar-refractivity contribution is 0.0747. The molecule has 0 bridgehead atoms. The number of benzene rings is 1. The number of anilines is 2. The number of rotatable bonds is 4. The molecule has 2 amide bonds. The normalized spacial score (nSPS) is 14.0. The van der Waals surface area contributed by atoms with Crippen molar-refractivity contribution in [2.75, 3.05) is 36.4 Å². The van der Waals surface area contributed by atoms with Gasteiger partial charge in [0.05, 0.1) is 16.1 Å². The topological polar surface area (TPSA) is 65.5 Å². The molecule has 142 valence electrons. The second-order valence-electron chi connectivity index (χ2n) is 6.44. The van der Waals surface area contributed by atoms with Crippen molar-refractivity contribution in [2.24, 2.45) is 0 Å². The number of nitrogens with zero attached hydrogens (tertiary/aromatic N) is 3. The van der Waals surface area contributed by atoms with Gasteiger partial charge in [0.15, 0.2) is 0 Å². The van der Waals surface area contributed by atoms with E-state index in [0.717, 1.165) is 18.9 Å². The Morgan fingerprint density at radius 3 is 2.43 bits per heavy atom. The zero-order valence-corrected chi connectivity index (χ0v) is 16.1. The highest BCUT2D eigenvalue weighted by Crippen LogP contribution is 2.21. The molecule has 1 fully saturated rings. The average molecular weight is 392 g/mol. The van der Waals surface area contributed by atoms with Gasteiger partial charge in [-0.2, -0.15) is 0 Å². The lowest BCUT2D eigenvalue weighted by Crippen LogP contribution is -2.49. The van der Waals surface area contributed by atoms with Crippen LogP contribution in [0.1, 0.15) is 20.0 Å². The summed E-state index contributed by atoms with van der Waals surface area (Å²) in [6.45, 7) is 2.68. The van der Waals surface area contributed by atoms with Crippen molar-refractivity contribution in [1.29, 1.82) is 0 Å². The summed E-state index contributed by atoms with van der Waals surface area (Å²) in [7, 11) is 0. The highest BCUT2D eigenvalue weighted by Gasteiger charge is 2.24. The largest absolute Gasteiger partial charge is 0.353 e. The van der Waals surface area contributed by atoms with E-state index >= 15 is 0 Å². The van der Waals surface area contributed by atoms with Crippen LogP contribution in [0.15, 0.2) is 66.2 Å². The number of carbonyl (C=O) groups excluding carboxylic acids is 2. The van der Waals surface area contributed by atoms with Crippen LogP contribution in [0.3, 0.4) is 0 Å². The number of thiophene rings is 1. The van der Waals surface area contributed by atoms with Crippen molar-refractivity contribution in [2.45, 2.75) is 0 Å². The zero-order valence-electron chi connectivity index (χ0n) is 15.2. The van der Waals surface area contributed by atoms with Crippen molar-refractivity contribution >= 4 is 34.7 Å². The van der Waals surface area contributed by atoms with E-state index in [1.54, 1.807) is 24.4 Å². The van der Waals surface area contributed by atoms with Crippen LogP contribution >= 0.6 is 11.3 Å². The Morgan fingerprint density at radius 2 is 1.71 bits per heavy atom. The minimum absolute atomic E-state index is 0.0669. The molecule has 3 aromatic rings. The SMILES string of the molecule is O=C(Nc1ccccc1C(=O)N1CCN(c2ccccn2)CC1)c1cccs1. The summed E-state index contributed by atoms with van der Waals surface area (Å²) in [5, 5.41) is 4.73. The maximum Gasteiger partial charge on any atom is 0.265 e. The highest BCUT2D eigenvalue weighted by atomic mass is 32.1. The van der Waals surface area contributed by atoms with E-state index in [1.807, 2.05) is 46.7 Å². The first-order valence-corrected chi connectivity index (χ1v) is 9.99. The van der Waals surface area contributed by atoms with Gasteiger partial charge in [-0.25, -0.2) is 4.98 Å². The Morgan fingerprint density at radius 1 is 0.929 bits per heavy atom.